The topological polar surface area (TPSA) is 76.9 Å². The zero-order valence-corrected chi connectivity index (χ0v) is 15.8. The number of thioether (sulfide) groups is 1. The van der Waals surface area contributed by atoms with Crippen LogP contribution >= 0.6 is 11.8 Å². The average Bonchev–Trinajstić information content (AvgIpc) is 3.21. The van der Waals surface area contributed by atoms with Gasteiger partial charge in [0.25, 0.3) is 0 Å². The van der Waals surface area contributed by atoms with Gasteiger partial charge in [0, 0.05) is 23.9 Å². The highest BCUT2D eigenvalue weighted by atomic mass is 32.2. The van der Waals surface area contributed by atoms with Crippen molar-refractivity contribution >= 4 is 29.1 Å². The summed E-state index contributed by atoms with van der Waals surface area (Å²) in [4.78, 5) is 24.0. The number of fused-ring (bicyclic) bond motifs is 1. The summed E-state index contributed by atoms with van der Waals surface area (Å²) in [7, 11) is 1.90. The van der Waals surface area contributed by atoms with Crippen molar-refractivity contribution in [3.63, 3.8) is 0 Å². The molecule has 1 aliphatic heterocycles. The predicted molar refractivity (Wildman–Crippen MR) is 105 cm³/mol. The van der Waals surface area contributed by atoms with E-state index in [0.717, 1.165) is 28.2 Å². The first-order valence-corrected chi connectivity index (χ1v) is 9.55. The summed E-state index contributed by atoms with van der Waals surface area (Å²) in [6.07, 6.45) is 0.326. The van der Waals surface area contributed by atoms with Crippen LogP contribution in [0.15, 0.2) is 47.6 Å². The maximum absolute atomic E-state index is 12.6. The Labute approximate surface area is 161 Å². The molecule has 1 aliphatic rings. The van der Waals surface area contributed by atoms with Gasteiger partial charge < -0.3 is 9.88 Å². The third-order valence-electron chi connectivity index (χ3n) is 4.61. The van der Waals surface area contributed by atoms with Gasteiger partial charge in [-0.1, -0.05) is 36.0 Å². The van der Waals surface area contributed by atoms with E-state index in [1.54, 1.807) is 18.2 Å². The SMILES string of the molecule is Cc1ccccc1-c1nnc(SCC(=O)c2ccc3c(c2)CC(=O)N3)n1C. The molecule has 6 nitrogen and oxygen atoms in total. The molecule has 136 valence electrons. The number of aromatic nitrogens is 3. The van der Waals surface area contributed by atoms with Gasteiger partial charge in [0.05, 0.1) is 12.2 Å². The number of nitrogens with zero attached hydrogens (tertiary/aromatic N) is 3. The van der Waals surface area contributed by atoms with Gasteiger partial charge in [-0.25, -0.2) is 0 Å². The van der Waals surface area contributed by atoms with Gasteiger partial charge >= 0.3 is 0 Å². The Morgan fingerprint density at radius 2 is 2.04 bits per heavy atom. The Morgan fingerprint density at radius 1 is 1.22 bits per heavy atom. The van der Waals surface area contributed by atoms with Gasteiger partial charge in [0.15, 0.2) is 16.8 Å². The molecule has 1 N–H and O–H groups in total. The van der Waals surface area contributed by atoms with Crippen molar-refractivity contribution in [3.05, 3.63) is 59.2 Å². The van der Waals surface area contributed by atoms with Gasteiger partial charge in [-0.2, -0.15) is 0 Å². The summed E-state index contributed by atoms with van der Waals surface area (Å²) >= 11 is 1.36. The van der Waals surface area contributed by atoms with Crippen LogP contribution in [0.4, 0.5) is 5.69 Å². The lowest BCUT2D eigenvalue weighted by molar-refractivity contribution is -0.115. The highest BCUT2D eigenvalue weighted by Crippen LogP contribution is 2.27. The van der Waals surface area contributed by atoms with Crippen LogP contribution < -0.4 is 5.32 Å². The minimum absolute atomic E-state index is 0.00240. The van der Waals surface area contributed by atoms with E-state index >= 15 is 0 Å². The molecule has 4 rings (SSSR count). The van der Waals surface area contributed by atoms with E-state index in [1.807, 2.05) is 42.8 Å². The lowest BCUT2D eigenvalue weighted by Gasteiger charge is -2.06. The monoisotopic (exact) mass is 378 g/mol. The molecule has 0 spiro atoms. The predicted octanol–water partition coefficient (Wildman–Crippen LogP) is 3.26. The number of aryl methyl sites for hydroxylation is 1. The van der Waals surface area contributed by atoms with Gasteiger partial charge in [0.2, 0.25) is 5.91 Å². The highest BCUT2D eigenvalue weighted by molar-refractivity contribution is 7.99. The van der Waals surface area contributed by atoms with Crippen LogP contribution in [0, 0.1) is 6.92 Å². The minimum atomic E-state index is -0.0354. The number of anilines is 1. The second-order valence-electron chi connectivity index (χ2n) is 6.49. The largest absolute Gasteiger partial charge is 0.326 e. The van der Waals surface area contributed by atoms with Crippen LogP contribution in [0.1, 0.15) is 21.5 Å². The molecule has 0 saturated heterocycles. The summed E-state index contributed by atoms with van der Waals surface area (Å²) < 4.78 is 1.91. The first-order valence-electron chi connectivity index (χ1n) is 8.57. The number of nitrogens with one attached hydrogen (secondary N) is 1. The van der Waals surface area contributed by atoms with E-state index in [9.17, 15) is 9.59 Å². The fraction of sp³-hybridized carbons (Fsp3) is 0.200. The molecule has 2 aromatic carbocycles. The molecule has 2 heterocycles. The smallest absolute Gasteiger partial charge is 0.228 e. The molecule has 0 atom stereocenters. The average molecular weight is 378 g/mol. The van der Waals surface area contributed by atoms with Crippen LogP contribution in [-0.2, 0) is 18.3 Å². The number of carbonyl (C=O) groups excluding carboxylic acids is 2. The maximum Gasteiger partial charge on any atom is 0.228 e. The molecule has 0 aliphatic carbocycles. The van der Waals surface area contributed by atoms with E-state index in [-0.39, 0.29) is 17.4 Å². The molecule has 0 bridgehead atoms. The van der Waals surface area contributed by atoms with Crippen LogP contribution in [-0.4, -0.2) is 32.2 Å². The fourth-order valence-electron chi connectivity index (χ4n) is 3.12. The molecule has 1 aromatic heterocycles. The Balaban J connectivity index is 1.48. The zero-order valence-electron chi connectivity index (χ0n) is 15.0. The summed E-state index contributed by atoms with van der Waals surface area (Å²) in [5, 5.41) is 12.0. The van der Waals surface area contributed by atoms with Gasteiger partial charge in [-0.3, -0.25) is 9.59 Å². The summed E-state index contributed by atoms with van der Waals surface area (Å²) in [6, 6.07) is 13.3. The zero-order chi connectivity index (χ0) is 19.0. The number of carbonyl (C=O) groups is 2. The van der Waals surface area contributed by atoms with Crippen molar-refractivity contribution in [1.29, 1.82) is 0 Å². The molecular formula is C20H18N4O2S. The van der Waals surface area contributed by atoms with E-state index < -0.39 is 0 Å². The molecule has 7 heteroatoms. The molecule has 0 unspecified atom stereocenters. The van der Waals surface area contributed by atoms with Crippen molar-refractivity contribution in [2.75, 3.05) is 11.1 Å². The van der Waals surface area contributed by atoms with E-state index in [2.05, 4.69) is 15.5 Å². The number of amides is 1. The van der Waals surface area contributed by atoms with E-state index in [1.165, 1.54) is 11.8 Å². The molecule has 27 heavy (non-hydrogen) atoms. The second kappa shape index (κ2) is 7.00. The minimum Gasteiger partial charge on any atom is -0.326 e. The molecule has 0 saturated carbocycles. The lowest BCUT2D eigenvalue weighted by Crippen LogP contribution is -2.04. The van der Waals surface area contributed by atoms with Crippen molar-refractivity contribution in [3.8, 4) is 11.4 Å². The summed E-state index contributed by atoms with van der Waals surface area (Å²) in [5.74, 6) is 1.01. The Hall–Kier alpha value is -2.93. The summed E-state index contributed by atoms with van der Waals surface area (Å²) in [5.41, 5.74) is 4.43. The molecule has 1 amide bonds. The van der Waals surface area contributed by atoms with Crippen LogP contribution in [0.25, 0.3) is 11.4 Å². The Kier molecular flexibility index (Phi) is 4.53. The van der Waals surface area contributed by atoms with Crippen LogP contribution in [0.3, 0.4) is 0 Å². The van der Waals surface area contributed by atoms with Crippen molar-refractivity contribution in [2.24, 2.45) is 7.05 Å². The first-order chi connectivity index (χ1) is 13.0. The number of hydrogen-bond acceptors (Lipinski definition) is 5. The summed E-state index contributed by atoms with van der Waals surface area (Å²) in [6.45, 7) is 2.04. The standard InChI is InChI=1S/C20H18N4O2S/c1-12-5-3-4-6-15(12)19-22-23-20(24(19)2)27-11-17(25)13-7-8-16-14(9-13)10-18(26)21-16/h3-9H,10-11H2,1-2H3,(H,21,26). The number of benzene rings is 2. The molecular weight excluding hydrogens is 360 g/mol. The van der Waals surface area contributed by atoms with Crippen molar-refractivity contribution in [2.45, 2.75) is 18.5 Å². The quantitative estimate of drug-likeness (QED) is 0.545. The van der Waals surface area contributed by atoms with Crippen LogP contribution in [0.5, 0.6) is 0 Å². The van der Waals surface area contributed by atoms with Gasteiger partial charge in [-0.15, -0.1) is 10.2 Å². The van der Waals surface area contributed by atoms with Crippen LogP contribution in [0.2, 0.25) is 0 Å². The number of hydrogen-bond donors (Lipinski definition) is 1. The van der Waals surface area contributed by atoms with E-state index in [0.29, 0.717) is 17.1 Å². The normalized spacial score (nSPS) is 12.7. The molecule has 3 aromatic rings. The van der Waals surface area contributed by atoms with Gasteiger partial charge in [0.1, 0.15) is 0 Å². The molecule has 0 fully saturated rings. The maximum atomic E-state index is 12.6. The van der Waals surface area contributed by atoms with Crippen molar-refractivity contribution < 1.29 is 9.59 Å². The number of rotatable bonds is 5. The number of Topliss-reactive ketones (excluding diaryl/α,β-unsaturated/α-hetero) is 1. The highest BCUT2D eigenvalue weighted by Gasteiger charge is 2.20. The Morgan fingerprint density at radius 3 is 2.85 bits per heavy atom. The fourth-order valence-corrected chi connectivity index (χ4v) is 3.92. The Bertz CT molecular complexity index is 1060. The first kappa shape index (κ1) is 17.5. The molecule has 0 radical (unpaired) electrons. The third-order valence-corrected chi connectivity index (χ3v) is 5.63. The lowest BCUT2D eigenvalue weighted by atomic mass is 10.1. The van der Waals surface area contributed by atoms with Gasteiger partial charge in [-0.05, 0) is 36.2 Å². The second-order valence-corrected chi connectivity index (χ2v) is 7.43. The third kappa shape index (κ3) is 3.38. The number of ketones is 1. The van der Waals surface area contributed by atoms with Crippen molar-refractivity contribution in [1.82, 2.24) is 14.8 Å². The van der Waals surface area contributed by atoms with E-state index in [4.69, 9.17) is 0 Å².